The summed E-state index contributed by atoms with van der Waals surface area (Å²) in [6.07, 6.45) is 11.3. The summed E-state index contributed by atoms with van der Waals surface area (Å²) in [6, 6.07) is 10.9. The van der Waals surface area contributed by atoms with E-state index in [1.165, 1.54) is 5.57 Å². The van der Waals surface area contributed by atoms with Crippen LogP contribution < -0.4 is 4.74 Å². The summed E-state index contributed by atoms with van der Waals surface area (Å²) in [6.45, 7) is 31.6. The van der Waals surface area contributed by atoms with Crippen LogP contribution in [0.4, 0.5) is 0 Å². The first-order valence-electron chi connectivity index (χ1n) is 22.2. The van der Waals surface area contributed by atoms with E-state index in [-0.39, 0.29) is 58.5 Å². The van der Waals surface area contributed by atoms with Crippen molar-refractivity contribution in [3.05, 3.63) is 65.3 Å². The molecular formula is C49H76NO6Si2. The molecule has 1 heterocycles. The van der Waals surface area contributed by atoms with Crippen molar-refractivity contribution < 1.29 is 27.9 Å². The van der Waals surface area contributed by atoms with Gasteiger partial charge in [0.25, 0.3) is 0 Å². The highest BCUT2D eigenvalue weighted by atomic mass is 28.4. The van der Waals surface area contributed by atoms with E-state index in [2.05, 4.69) is 135 Å². The monoisotopic (exact) mass is 831 g/mol. The maximum absolute atomic E-state index is 14.5. The molecule has 1 saturated heterocycles. The average Bonchev–Trinajstić information content (AvgIpc) is 3.12. The molecule has 0 saturated carbocycles. The highest BCUT2D eigenvalue weighted by molar-refractivity contribution is 6.74. The fourth-order valence-electron chi connectivity index (χ4n) is 9.27. The van der Waals surface area contributed by atoms with Crippen molar-refractivity contribution in [2.24, 2.45) is 35.0 Å². The van der Waals surface area contributed by atoms with Crippen LogP contribution in [0, 0.1) is 35.0 Å². The number of hydrogen-bond donors (Lipinski definition) is 0. The predicted octanol–water partition coefficient (Wildman–Crippen LogP) is 12.2. The van der Waals surface area contributed by atoms with Crippen LogP contribution in [0.2, 0.25) is 31.2 Å². The number of carbonyl (C=O) groups is 2. The van der Waals surface area contributed by atoms with Crippen LogP contribution in [0.5, 0.6) is 5.75 Å². The van der Waals surface area contributed by atoms with Gasteiger partial charge in [-0.2, -0.15) is 0 Å². The van der Waals surface area contributed by atoms with Crippen molar-refractivity contribution in [3.63, 3.8) is 0 Å². The number of fused-ring (bicyclic) bond motifs is 2. The number of nitrogens with zero attached hydrogens (tertiary/aromatic N) is 1. The normalized spacial score (nSPS) is 26.7. The van der Waals surface area contributed by atoms with Crippen LogP contribution in [0.3, 0.4) is 0 Å². The maximum Gasteiger partial charge on any atom is 0.308 e. The number of likely N-dealkylation sites (tertiary alicyclic amines) is 1. The Balaban J connectivity index is 1.47. The molecule has 321 valence electrons. The molecule has 3 aliphatic rings. The Labute approximate surface area is 354 Å². The van der Waals surface area contributed by atoms with Gasteiger partial charge in [0.1, 0.15) is 11.9 Å². The summed E-state index contributed by atoms with van der Waals surface area (Å²) < 4.78 is 26.0. The fraction of sp³-hybridized carbons (Fsp3) is 0.673. The highest BCUT2D eigenvalue weighted by Crippen LogP contribution is 2.47. The predicted molar refractivity (Wildman–Crippen MR) is 243 cm³/mol. The van der Waals surface area contributed by atoms with Crippen LogP contribution in [0.25, 0.3) is 10.8 Å². The minimum atomic E-state index is -2.11. The molecule has 7 nitrogen and oxygen atoms in total. The van der Waals surface area contributed by atoms with E-state index in [0.29, 0.717) is 30.7 Å². The number of ether oxygens (including phenoxy) is 2. The SMILES string of the molecule is CCC(C)C(=O)OC1CC(C)C=C2C=CC(C)C(CCC3CC(O[Si](C)(C)C(C)(C)C)CC(=O)N3Cc3ccc4c(C(O[Si](C)C)C(C)(C)C)c(OC)ccc4c3)C21. The number of amides is 1. The summed E-state index contributed by atoms with van der Waals surface area (Å²) in [4.78, 5) is 29.8. The zero-order chi connectivity index (χ0) is 42.9. The van der Waals surface area contributed by atoms with E-state index in [1.807, 2.05) is 13.8 Å². The lowest BCUT2D eigenvalue weighted by atomic mass is 9.65. The first kappa shape index (κ1) is 46.3. The Morgan fingerprint density at radius 1 is 1.02 bits per heavy atom. The van der Waals surface area contributed by atoms with Gasteiger partial charge in [-0.15, -0.1) is 0 Å². The Hall–Kier alpha value is -2.73. The standard InChI is InChI=1S/C49H76NO6Si2/c1-16-32(3)47(52)54-42-26-31(2)25-36-19-17-33(4)39(44(36)42)23-21-37-28-38(56-58(14,15)49(8,9)10)29-43(51)50(37)30-34-18-22-40-35(27-34)20-24-41(53-11)45(40)46(48(5,6)7)55-57(12)13/h17-20,22,24-25,27,31-33,37-39,42,44,46H,16,21,23,26,28-30H2,1-15H3. The first-order chi connectivity index (χ1) is 27.0. The van der Waals surface area contributed by atoms with Crippen molar-refractivity contribution in [1.82, 2.24) is 4.90 Å². The molecule has 1 amide bonds. The largest absolute Gasteiger partial charge is 0.496 e. The lowest BCUT2D eigenvalue weighted by Crippen LogP contribution is -2.52. The number of methoxy groups -OCH3 is 1. The Morgan fingerprint density at radius 2 is 1.72 bits per heavy atom. The van der Waals surface area contributed by atoms with Gasteiger partial charge in [0.05, 0.1) is 31.7 Å². The van der Waals surface area contributed by atoms with E-state index in [1.54, 1.807) is 7.11 Å². The number of rotatable bonds is 14. The number of carbonyl (C=O) groups excluding carboxylic acids is 2. The maximum atomic E-state index is 14.5. The topological polar surface area (TPSA) is 74.3 Å². The zero-order valence-corrected chi connectivity index (χ0v) is 40.7. The summed E-state index contributed by atoms with van der Waals surface area (Å²) >= 11 is 0. The van der Waals surface area contributed by atoms with Gasteiger partial charge in [0, 0.05) is 24.1 Å². The van der Waals surface area contributed by atoms with E-state index in [4.69, 9.17) is 18.3 Å². The zero-order valence-electron chi connectivity index (χ0n) is 38.7. The minimum absolute atomic E-state index is 0.0284. The summed E-state index contributed by atoms with van der Waals surface area (Å²) in [5.41, 5.74) is 3.39. The molecular weight excluding hydrogens is 755 g/mol. The van der Waals surface area contributed by atoms with Gasteiger partial charge in [-0.05, 0) is 121 Å². The van der Waals surface area contributed by atoms with Gasteiger partial charge >= 0.3 is 5.97 Å². The second kappa shape index (κ2) is 18.5. The van der Waals surface area contributed by atoms with Crippen molar-refractivity contribution in [2.75, 3.05) is 7.11 Å². The van der Waals surface area contributed by atoms with Gasteiger partial charge in [0.2, 0.25) is 14.9 Å². The van der Waals surface area contributed by atoms with E-state index < -0.39 is 17.4 Å². The van der Waals surface area contributed by atoms with E-state index in [0.717, 1.165) is 59.8 Å². The van der Waals surface area contributed by atoms with Gasteiger partial charge in [0.15, 0.2) is 8.32 Å². The van der Waals surface area contributed by atoms with Gasteiger partial charge < -0.3 is 23.2 Å². The molecule has 1 aliphatic heterocycles. The molecule has 58 heavy (non-hydrogen) atoms. The number of benzene rings is 2. The van der Waals surface area contributed by atoms with Crippen molar-refractivity contribution in [1.29, 1.82) is 0 Å². The molecule has 9 heteroatoms. The van der Waals surface area contributed by atoms with Crippen LogP contribution in [-0.2, 0) is 29.7 Å². The van der Waals surface area contributed by atoms with E-state index in [9.17, 15) is 9.59 Å². The van der Waals surface area contributed by atoms with Crippen LogP contribution >= 0.6 is 0 Å². The smallest absolute Gasteiger partial charge is 0.308 e. The van der Waals surface area contributed by atoms with Crippen LogP contribution in [-0.4, -0.2) is 59.5 Å². The Kier molecular flexibility index (Phi) is 14.8. The molecule has 0 N–H and O–H groups in total. The summed E-state index contributed by atoms with van der Waals surface area (Å²) in [5, 5.41) is 2.30. The summed E-state index contributed by atoms with van der Waals surface area (Å²) in [5.74, 6) is 1.95. The molecule has 1 fully saturated rings. The highest BCUT2D eigenvalue weighted by Gasteiger charge is 2.45. The number of hydrogen-bond acceptors (Lipinski definition) is 6. The van der Waals surface area contributed by atoms with Crippen molar-refractivity contribution in [3.8, 4) is 5.75 Å². The second-order valence-corrected chi connectivity index (χ2v) is 27.6. The van der Waals surface area contributed by atoms with Gasteiger partial charge in [-0.25, -0.2) is 0 Å². The third kappa shape index (κ3) is 10.6. The third-order valence-electron chi connectivity index (χ3n) is 13.7. The molecule has 9 atom stereocenters. The van der Waals surface area contributed by atoms with Crippen molar-refractivity contribution in [2.45, 2.75) is 170 Å². The first-order valence-corrected chi connectivity index (χ1v) is 27.5. The molecule has 0 bridgehead atoms. The molecule has 1 radical (unpaired) electrons. The number of esters is 1. The number of allylic oxidation sites excluding steroid dienone is 3. The lowest BCUT2D eigenvalue weighted by molar-refractivity contribution is -0.158. The van der Waals surface area contributed by atoms with Crippen LogP contribution in [0.15, 0.2) is 54.1 Å². The lowest BCUT2D eigenvalue weighted by Gasteiger charge is -2.46. The fourth-order valence-corrected chi connectivity index (χ4v) is 11.6. The van der Waals surface area contributed by atoms with E-state index >= 15 is 0 Å². The quantitative estimate of drug-likeness (QED) is 0.139. The average molecular weight is 831 g/mol. The number of piperidine rings is 1. The Morgan fingerprint density at radius 3 is 2.34 bits per heavy atom. The minimum Gasteiger partial charge on any atom is -0.496 e. The molecule has 2 aliphatic carbocycles. The van der Waals surface area contributed by atoms with Crippen LogP contribution in [0.1, 0.15) is 125 Å². The molecule has 0 spiro atoms. The Bertz CT molecular complexity index is 1820. The third-order valence-corrected chi connectivity index (χ3v) is 19.0. The second-order valence-electron chi connectivity index (χ2n) is 20.8. The molecule has 2 aromatic carbocycles. The molecule has 0 aromatic heterocycles. The molecule has 9 unspecified atom stereocenters. The molecule has 2 aromatic rings. The van der Waals surface area contributed by atoms with Crippen molar-refractivity contribution >= 4 is 40.0 Å². The van der Waals surface area contributed by atoms with Gasteiger partial charge in [-0.3, -0.25) is 9.59 Å². The molecule has 5 rings (SSSR count). The van der Waals surface area contributed by atoms with Gasteiger partial charge in [-0.1, -0.05) is 106 Å². The summed E-state index contributed by atoms with van der Waals surface area (Å²) in [7, 11) is -1.37.